The SMILES string of the molecule is O=C(OCc1ccccc1)N1CCC[C@H]1[C@H](O)CS. The number of aliphatic hydroxyl groups is 1. The van der Waals surface area contributed by atoms with E-state index in [0.29, 0.717) is 12.3 Å². The molecule has 0 aromatic heterocycles. The van der Waals surface area contributed by atoms with E-state index in [1.165, 1.54) is 0 Å². The molecule has 1 saturated heterocycles. The molecule has 0 saturated carbocycles. The summed E-state index contributed by atoms with van der Waals surface area (Å²) in [6.07, 6.45) is 0.764. The summed E-state index contributed by atoms with van der Waals surface area (Å²) < 4.78 is 5.29. The third-order valence-electron chi connectivity index (χ3n) is 3.37. The number of amides is 1. The van der Waals surface area contributed by atoms with E-state index in [2.05, 4.69) is 12.6 Å². The lowest BCUT2D eigenvalue weighted by Gasteiger charge is -2.27. The topological polar surface area (TPSA) is 49.8 Å². The molecule has 0 bridgehead atoms. The molecule has 5 heteroatoms. The van der Waals surface area contributed by atoms with Crippen molar-refractivity contribution in [3.8, 4) is 0 Å². The third kappa shape index (κ3) is 3.64. The first-order chi connectivity index (χ1) is 9.22. The molecule has 0 radical (unpaired) electrons. The molecule has 1 aliphatic heterocycles. The molecule has 1 fully saturated rings. The number of nitrogens with zero attached hydrogens (tertiary/aromatic N) is 1. The Labute approximate surface area is 118 Å². The molecule has 1 N–H and O–H groups in total. The molecule has 0 unspecified atom stereocenters. The highest BCUT2D eigenvalue weighted by molar-refractivity contribution is 7.80. The van der Waals surface area contributed by atoms with Crippen LogP contribution in [-0.4, -0.2) is 40.5 Å². The first kappa shape index (κ1) is 14.2. The van der Waals surface area contributed by atoms with Gasteiger partial charge < -0.3 is 14.7 Å². The Bertz CT molecular complexity index is 412. The van der Waals surface area contributed by atoms with Gasteiger partial charge in [-0.25, -0.2) is 4.79 Å². The van der Waals surface area contributed by atoms with Gasteiger partial charge in [0.2, 0.25) is 0 Å². The Morgan fingerprint density at radius 2 is 2.21 bits per heavy atom. The van der Waals surface area contributed by atoms with Crippen LogP contribution in [0.5, 0.6) is 0 Å². The van der Waals surface area contributed by atoms with Gasteiger partial charge in [-0.3, -0.25) is 0 Å². The first-order valence-electron chi connectivity index (χ1n) is 6.48. The zero-order valence-corrected chi connectivity index (χ0v) is 11.6. The summed E-state index contributed by atoms with van der Waals surface area (Å²) in [6, 6.07) is 9.40. The van der Waals surface area contributed by atoms with Gasteiger partial charge in [-0.2, -0.15) is 12.6 Å². The highest BCUT2D eigenvalue weighted by Crippen LogP contribution is 2.22. The van der Waals surface area contributed by atoms with Crippen molar-refractivity contribution in [2.45, 2.75) is 31.6 Å². The molecular formula is C14H19NO3S. The maximum absolute atomic E-state index is 12.0. The number of benzene rings is 1. The lowest BCUT2D eigenvalue weighted by Crippen LogP contribution is -2.43. The standard InChI is InChI=1S/C14H19NO3S/c16-13(10-19)12-7-4-8-15(12)14(17)18-9-11-5-2-1-3-6-11/h1-3,5-6,12-13,16,19H,4,7-10H2/t12-,13+/m0/s1. The van der Waals surface area contributed by atoms with Crippen LogP contribution in [0.1, 0.15) is 18.4 Å². The van der Waals surface area contributed by atoms with E-state index in [-0.39, 0.29) is 18.7 Å². The summed E-state index contributed by atoms with van der Waals surface area (Å²) in [6.45, 7) is 0.906. The number of likely N-dealkylation sites (tertiary alicyclic amines) is 1. The average molecular weight is 281 g/mol. The average Bonchev–Trinajstić information content (AvgIpc) is 2.94. The second kappa shape index (κ2) is 6.82. The van der Waals surface area contributed by atoms with Crippen LogP contribution in [0.2, 0.25) is 0 Å². The monoisotopic (exact) mass is 281 g/mol. The maximum Gasteiger partial charge on any atom is 0.410 e. The summed E-state index contributed by atoms with van der Waals surface area (Å²) in [5, 5.41) is 9.84. The van der Waals surface area contributed by atoms with Crippen molar-refractivity contribution >= 4 is 18.7 Å². The fourth-order valence-electron chi connectivity index (χ4n) is 2.34. The number of rotatable bonds is 4. The van der Waals surface area contributed by atoms with E-state index in [0.717, 1.165) is 18.4 Å². The lowest BCUT2D eigenvalue weighted by atomic mass is 10.1. The van der Waals surface area contributed by atoms with E-state index in [9.17, 15) is 9.90 Å². The van der Waals surface area contributed by atoms with Crippen molar-refractivity contribution in [1.29, 1.82) is 0 Å². The fraction of sp³-hybridized carbons (Fsp3) is 0.500. The largest absolute Gasteiger partial charge is 0.445 e. The number of hydrogen-bond donors (Lipinski definition) is 2. The van der Waals surface area contributed by atoms with Crippen molar-refractivity contribution in [3.63, 3.8) is 0 Å². The Hall–Kier alpha value is -1.20. The van der Waals surface area contributed by atoms with Crippen LogP contribution in [-0.2, 0) is 11.3 Å². The van der Waals surface area contributed by atoms with Crippen LogP contribution >= 0.6 is 12.6 Å². The molecule has 19 heavy (non-hydrogen) atoms. The van der Waals surface area contributed by atoms with Crippen LogP contribution in [0, 0.1) is 0 Å². The zero-order chi connectivity index (χ0) is 13.7. The lowest BCUT2D eigenvalue weighted by molar-refractivity contribution is 0.0569. The molecule has 1 heterocycles. The highest BCUT2D eigenvalue weighted by Gasteiger charge is 2.34. The van der Waals surface area contributed by atoms with Crippen molar-refractivity contribution in [1.82, 2.24) is 4.90 Å². The number of aliphatic hydroxyl groups excluding tert-OH is 1. The van der Waals surface area contributed by atoms with E-state index >= 15 is 0 Å². The van der Waals surface area contributed by atoms with Crippen LogP contribution in [0.15, 0.2) is 30.3 Å². The number of carbonyl (C=O) groups is 1. The first-order valence-corrected chi connectivity index (χ1v) is 7.12. The molecule has 1 aliphatic rings. The summed E-state index contributed by atoms with van der Waals surface area (Å²) in [5.41, 5.74) is 0.960. The molecule has 2 rings (SSSR count). The van der Waals surface area contributed by atoms with Crippen molar-refractivity contribution in [2.24, 2.45) is 0 Å². The summed E-state index contributed by atoms with van der Waals surface area (Å²) in [5.74, 6) is 0.354. The maximum atomic E-state index is 12.0. The predicted molar refractivity (Wildman–Crippen MR) is 76.2 cm³/mol. The number of ether oxygens (including phenoxy) is 1. The molecule has 0 aliphatic carbocycles. The smallest absolute Gasteiger partial charge is 0.410 e. The molecule has 1 aromatic rings. The molecule has 0 spiro atoms. The second-order valence-corrected chi connectivity index (χ2v) is 5.06. The summed E-state index contributed by atoms with van der Waals surface area (Å²) >= 11 is 4.08. The van der Waals surface area contributed by atoms with Gasteiger partial charge in [0, 0.05) is 12.3 Å². The van der Waals surface area contributed by atoms with Gasteiger partial charge in [0.05, 0.1) is 12.1 Å². The quantitative estimate of drug-likeness (QED) is 0.831. The van der Waals surface area contributed by atoms with Crippen molar-refractivity contribution in [3.05, 3.63) is 35.9 Å². The Balaban J connectivity index is 1.89. The van der Waals surface area contributed by atoms with Crippen LogP contribution in [0.25, 0.3) is 0 Å². The molecule has 104 valence electrons. The van der Waals surface area contributed by atoms with Gasteiger partial charge in [0.1, 0.15) is 6.61 Å². The van der Waals surface area contributed by atoms with Crippen LogP contribution in [0.4, 0.5) is 4.79 Å². The zero-order valence-electron chi connectivity index (χ0n) is 10.7. The Morgan fingerprint density at radius 3 is 2.89 bits per heavy atom. The molecule has 1 aromatic carbocycles. The van der Waals surface area contributed by atoms with E-state index < -0.39 is 6.10 Å². The summed E-state index contributed by atoms with van der Waals surface area (Å²) in [4.78, 5) is 13.6. The molecular weight excluding hydrogens is 262 g/mol. The fourth-order valence-corrected chi connectivity index (χ4v) is 2.59. The van der Waals surface area contributed by atoms with Gasteiger partial charge >= 0.3 is 6.09 Å². The highest BCUT2D eigenvalue weighted by atomic mass is 32.1. The third-order valence-corrected chi connectivity index (χ3v) is 3.74. The van der Waals surface area contributed by atoms with Gasteiger partial charge in [0.15, 0.2) is 0 Å². The number of hydrogen-bond acceptors (Lipinski definition) is 4. The minimum absolute atomic E-state index is 0.166. The van der Waals surface area contributed by atoms with E-state index in [1.807, 2.05) is 30.3 Å². The van der Waals surface area contributed by atoms with E-state index in [1.54, 1.807) is 4.90 Å². The molecule has 2 atom stereocenters. The van der Waals surface area contributed by atoms with E-state index in [4.69, 9.17) is 4.74 Å². The van der Waals surface area contributed by atoms with Gasteiger partial charge in [-0.05, 0) is 18.4 Å². The van der Waals surface area contributed by atoms with Gasteiger partial charge in [-0.15, -0.1) is 0 Å². The van der Waals surface area contributed by atoms with Crippen LogP contribution < -0.4 is 0 Å². The predicted octanol–water partition coefficient (Wildman–Crippen LogP) is 2.08. The molecule has 4 nitrogen and oxygen atoms in total. The Morgan fingerprint density at radius 1 is 1.47 bits per heavy atom. The summed E-state index contributed by atoms with van der Waals surface area (Å²) in [7, 11) is 0. The minimum atomic E-state index is -0.588. The van der Waals surface area contributed by atoms with Crippen molar-refractivity contribution < 1.29 is 14.6 Å². The number of carbonyl (C=O) groups excluding carboxylic acids is 1. The number of thiol groups is 1. The molecule has 1 amide bonds. The second-order valence-electron chi connectivity index (χ2n) is 4.69. The minimum Gasteiger partial charge on any atom is -0.445 e. The van der Waals surface area contributed by atoms with Gasteiger partial charge in [-0.1, -0.05) is 30.3 Å². The van der Waals surface area contributed by atoms with Gasteiger partial charge in [0.25, 0.3) is 0 Å². The van der Waals surface area contributed by atoms with Crippen molar-refractivity contribution in [2.75, 3.05) is 12.3 Å². The normalized spacial score (nSPS) is 20.3. The Kier molecular flexibility index (Phi) is 5.10. The van der Waals surface area contributed by atoms with Crippen LogP contribution in [0.3, 0.4) is 0 Å².